The topological polar surface area (TPSA) is 22.1 Å². The van der Waals surface area contributed by atoms with Crippen LogP contribution in [0, 0.1) is 19.4 Å². The molecular weight excluding hydrogens is 388 g/mol. The Balaban J connectivity index is 2.64. The van der Waals surface area contributed by atoms with E-state index in [1.807, 2.05) is 7.05 Å². The molecule has 128 valence electrons. The highest BCUT2D eigenvalue weighted by Gasteiger charge is 2.28. The van der Waals surface area contributed by atoms with Gasteiger partial charge in [0.15, 0.2) is 0 Å². The lowest BCUT2D eigenvalue weighted by atomic mass is 10.1. The number of terminal acetylenes is 1. The number of hydrogen-bond donors (Lipinski definition) is 0. The molecule has 1 fully saturated rings. The Morgan fingerprint density at radius 2 is 2.25 bits per heavy atom. The number of allylic oxidation sites excluding steroid dienone is 1. The smallest absolute Gasteiger partial charge is 0.0921 e. The van der Waals surface area contributed by atoms with Crippen LogP contribution >= 0.6 is 27.7 Å². The van der Waals surface area contributed by atoms with Gasteiger partial charge in [-0.05, 0) is 38.6 Å². The van der Waals surface area contributed by atoms with E-state index in [0.717, 1.165) is 40.2 Å². The lowest BCUT2D eigenvalue weighted by Gasteiger charge is -2.27. The molecule has 1 aromatic carbocycles. The first-order valence-electron chi connectivity index (χ1n) is 7.69. The van der Waals surface area contributed by atoms with Gasteiger partial charge in [0.1, 0.15) is 0 Å². The number of aryl methyl sites for hydroxylation is 1. The van der Waals surface area contributed by atoms with Crippen LogP contribution < -0.4 is 0 Å². The summed E-state index contributed by atoms with van der Waals surface area (Å²) < 4.78 is 4.78. The van der Waals surface area contributed by atoms with Crippen LogP contribution in [0.2, 0.25) is 0 Å². The minimum atomic E-state index is 0.460. The maximum Gasteiger partial charge on any atom is 0.0921 e. The Bertz CT molecular complexity index is 697. The minimum Gasteiger partial charge on any atom is -0.355 e. The van der Waals surface area contributed by atoms with Crippen LogP contribution in [0.3, 0.4) is 0 Å². The monoisotopic (exact) mass is 408 g/mol. The van der Waals surface area contributed by atoms with Gasteiger partial charge in [-0.15, -0.1) is 0 Å². The molecule has 1 saturated heterocycles. The molecule has 2 rings (SSSR count). The number of likely N-dealkylation sites (N-methyl/N-ethyl adjacent to an activating group) is 1. The van der Waals surface area contributed by atoms with Crippen LogP contribution in [-0.2, 0) is 0 Å². The van der Waals surface area contributed by atoms with Crippen molar-refractivity contribution in [1.82, 2.24) is 14.7 Å². The average molecular weight is 410 g/mol. The molecule has 6 heteroatoms. The highest BCUT2D eigenvalue weighted by Crippen LogP contribution is 2.30. The van der Waals surface area contributed by atoms with Gasteiger partial charge in [-0.2, -0.15) is 4.51 Å². The van der Waals surface area contributed by atoms with E-state index in [9.17, 15) is 0 Å². The molecule has 0 bridgehead atoms. The summed E-state index contributed by atoms with van der Waals surface area (Å²) >= 11 is 9.22. The summed E-state index contributed by atoms with van der Waals surface area (Å²) in [5.74, 6) is 0. The van der Waals surface area contributed by atoms with E-state index in [0.29, 0.717) is 6.04 Å². The summed E-state index contributed by atoms with van der Waals surface area (Å²) in [6.07, 6.45) is 7.24. The molecule has 0 saturated carbocycles. The third kappa shape index (κ3) is 3.94. The predicted molar refractivity (Wildman–Crippen MR) is 106 cm³/mol. The summed E-state index contributed by atoms with van der Waals surface area (Å²) in [6.45, 7) is 6.03. The Labute approximate surface area is 158 Å². The second-order valence-corrected chi connectivity index (χ2v) is 7.13. The van der Waals surface area contributed by atoms with Crippen LogP contribution in [0.15, 0.2) is 32.9 Å². The van der Waals surface area contributed by atoms with E-state index in [1.165, 1.54) is 0 Å². The fourth-order valence-corrected chi connectivity index (χ4v) is 3.13. The Morgan fingerprint density at radius 1 is 1.54 bits per heavy atom. The summed E-state index contributed by atoms with van der Waals surface area (Å²) in [6, 6.07) is 9.40. The second-order valence-electron chi connectivity index (χ2n) is 6.08. The third-order valence-corrected chi connectivity index (χ3v) is 5.33. The Kier molecular flexibility index (Phi) is 6.34. The predicted octanol–water partition coefficient (Wildman–Crippen LogP) is 3.77. The molecule has 1 atom stereocenters. The van der Waals surface area contributed by atoms with E-state index < -0.39 is 0 Å². The second kappa shape index (κ2) is 8.06. The lowest BCUT2D eigenvalue weighted by Crippen LogP contribution is -2.26. The first-order valence-corrected chi connectivity index (χ1v) is 8.82. The zero-order chi connectivity index (χ0) is 17.9. The fraction of sp³-hybridized carbons (Fsp3) is 0.389. The number of rotatable bonds is 4. The van der Waals surface area contributed by atoms with Gasteiger partial charge in [0.05, 0.1) is 24.3 Å². The Hall–Kier alpha value is -1.48. The van der Waals surface area contributed by atoms with Crippen LogP contribution in [0.1, 0.15) is 18.1 Å². The van der Waals surface area contributed by atoms with Crippen molar-refractivity contribution in [3.05, 3.63) is 39.5 Å². The minimum absolute atomic E-state index is 0.460. The van der Waals surface area contributed by atoms with Crippen molar-refractivity contribution < 1.29 is 0 Å². The lowest BCUT2D eigenvalue weighted by molar-refractivity contribution is 0.310. The summed E-state index contributed by atoms with van der Waals surface area (Å²) in [5.41, 5.74) is 4.09. The Morgan fingerprint density at radius 3 is 2.75 bits per heavy atom. The molecule has 0 radical (unpaired) electrons. The fourth-order valence-electron chi connectivity index (χ4n) is 2.79. The zero-order valence-corrected chi connectivity index (χ0v) is 16.8. The molecule has 1 unspecified atom stereocenters. The highest BCUT2D eigenvalue weighted by atomic mass is 79.9. The van der Waals surface area contributed by atoms with Crippen LogP contribution in [0.25, 0.3) is 5.70 Å². The van der Waals surface area contributed by atoms with Gasteiger partial charge >= 0.3 is 0 Å². The van der Waals surface area contributed by atoms with Crippen LogP contribution in [0.4, 0.5) is 0 Å². The van der Waals surface area contributed by atoms with E-state index in [4.69, 9.17) is 18.2 Å². The molecule has 0 aromatic heterocycles. The maximum atomic E-state index is 5.65. The van der Waals surface area contributed by atoms with Crippen molar-refractivity contribution in [1.29, 1.82) is 0 Å². The molecule has 4 nitrogen and oxygen atoms in total. The molecular formula is C18H22BrClN4. The van der Waals surface area contributed by atoms with Crippen molar-refractivity contribution in [3.8, 4) is 12.5 Å². The SMILES string of the molecule is C#CN(C)/C(C=NCl)=C(/c1ccc(Br)c(C)c1)N1CC(C)N(C)C1. The van der Waals surface area contributed by atoms with Gasteiger partial charge < -0.3 is 9.80 Å². The van der Waals surface area contributed by atoms with Gasteiger partial charge in [-0.25, -0.2) is 0 Å². The van der Waals surface area contributed by atoms with Crippen LogP contribution in [0.5, 0.6) is 0 Å². The van der Waals surface area contributed by atoms with E-state index in [2.05, 4.69) is 75.4 Å². The van der Waals surface area contributed by atoms with Crippen molar-refractivity contribution in [2.75, 3.05) is 27.3 Å². The van der Waals surface area contributed by atoms with E-state index in [1.54, 1.807) is 11.1 Å². The largest absolute Gasteiger partial charge is 0.355 e. The van der Waals surface area contributed by atoms with E-state index >= 15 is 0 Å². The van der Waals surface area contributed by atoms with Gasteiger partial charge in [-0.1, -0.05) is 28.4 Å². The normalized spacial score (nSPS) is 19.5. The first kappa shape index (κ1) is 18.9. The van der Waals surface area contributed by atoms with Crippen molar-refractivity contribution in [2.24, 2.45) is 4.51 Å². The molecule has 0 aliphatic carbocycles. The number of benzene rings is 1. The summed E-state index contributed by atoms with van der Waals surface area (Å²) in [5, 5.41) is 0. The summed E-state index contributed by atoms with van der Waals surface area (Å²) in [4.78, 5) is 6.33. The standard InChI is InChI=1S/C18H22BrClN4/c1-6-22(4)17(10-21-20)18(24-11-14(3)23(5)12-24)15-7-8-16(19)13(2)9-15/h1,7-10,14H,11-12H2,2-5H3/b18-17-,21-10?. The van der Waals surface area contributed by atoms with Gasteiger partial charge in [0.25, 0.3) is 0 Å². The van der Waals surface area contributed by atoms with Gasteiger partial charge in [-0.3, -0.25) is 4.90 Å². The van der Waals surface area contributed by atoms with Crippen molar-refractivity contribution in [2.45, 2.75) is 19.9 Å². The number of hydrogen-bond acceptors (Lipinski definition) is 4. The molecule has 1 aromatic rings. The molecule has 0 N–H and O–H groups in total. The zero-order valence-electron chi connectivity index (χ0n) is 14.4. The first-order chi connectivity index (χ1) is 11.4. The molecule has 1 aliphatic heterocycles. The molecule has 1 heterocycles. The van der Waals surface area contributed by atoms with Gasteiger partial charge in [0, 0.05) is 47.5 Å². The maximum absolute atomic E-state index is 5.65. The molecule has 0 spiro atoms. The molecule has 24 heavy (non-hydrogen) atoms. The molecule has 1 aliphatic rings. The summed E-state index contributed by atoms with van der Waals surface area (Å²) in [7, 11) is 3.96. The third-order valence-electron chi connectivity index (χ3n) is 4.35. The van der Waals surface area contributed by atoms with E-state index in [-0.39, 0.29) is 0 Å². The van der Waals surface area contributed by atoms with Crippen molar-refractivity contribution >= 4 is 39.6 Å². The van der Waals surface area contributed by atoms with Gasteiger partial charge in [0.2, 0.25) is 0 Å². The highest BCUT2D eigenvalue weighted by molar-refractivity contribution is 9.10. The van der Waals surface area contributed by atoms with Crippen molar-refractivity contribution in [3.63, 3.8) is 0 Å². The molecule has 0 amide bonds. The number of halogens is 2. The quantitative estimate of drug-likeness (QED) is 0.429. The van der Waals surface area contributed by atoms with Crippen LogP contribution in [-0.4, -0.2) is 54.3 Å². The average Bonchev–Trinajstić information content (AvgIpc) is 2.88. The number of nitrogens with zero attached hydrogens (tertiary/aromatic N) is 4.